The van der Waals surface area contributed by atoms with E-state index in [0.717, 1.165) is 11.8 Å². The number of benzene rings is 1. The fourth-order valence-corrected chi connectivity index (χ4v) is 3.98. The summed E-state index contributed by atoms with van der Waals surface area (Å²) in [7, 11) is -2.56. The molecule has 108 valence electrons. The molecule has 20 heavy (non-hydrogen) atoms. The number of sulfonamides is 1. The number of hydrogen-bond donors (Lipinski definition) is 1. The lowest BCUT2D eigenvalue weighted by molar-refractivity contribution is -0.139. The molecule has 1 N–H and O–H groups in total. The molecule has 0 saturated heterocycles. The lowest BCUT2D eigenvalue weighted by Crippen LogP contribution is -2.24. The average molecular weight is 335 g/mol. The Morgan fingerprint density at radius 3 is 2.85 bits per heavy atom. The van der Waals surface area contributed by atoms with E-state index in [-0.39, 0.29) is 10.1 Å². The van der Waals surface area contributed by atoms with Crippen LogP contribution in [0.15, 0.2) is 27.5 Å². The Bertz CT molecular complexity index is 688. The summed E-state index contributed by atoms with van der Waals surface area (Å²) in [6.45, 7) is 1.60. The highest BCUT2D eigenvalue weighted by Gasteiger charge is 2.27. The van der Waals surface area contributed by atoms with E-state index in [1.165, 1.54) is 13.2 Å². The minimum absolute atomic E-state index is 0.0140. The van der Waals surface area contributed by atoms with Crippen LogP contribution < -0.4 is 5.32 Å². The molecule has 1 heterocycles. The molecule has 0 bridgehead atoms. The van der Waals surface area contributed by atoms with Crippen molar-refractivity contribution in [1.29, 1.82) is 0 Å². The Morgan fingerprint density at radius 1 is 1.50 bits per heavy atom. The number of hydrogen-bond acceptors (Lipinski definition) is 6. The summed E-state index contributed by atoms with van der Waals surface area (Å²) in [6.07, 6.45) is 0. The number of carbonyl (C=O) groups is 1. The van der Waals surface area contributed by atoms with Gasteiger partial charge in [-0.15, -0.1) is 4.40 Å². The normalized spacial score (nSPS) is 17.4. The molecule has 0 fully saturated rings. The molecule has 1 aromatic carbocycles. The van der Waals surface area contributed by atoms with Gasteiger partial charge in [0.05, 0.1) is 12.8 Å². The minimum atomic E-state index is -3.82. The van der Waals surface area contributed by atoms with Crippen LogP contribution in [0.4, 0.5) is 5.69 Å². The first-order valence-corrected chi connectivity index (χ1v) is 8.19. The van der Waals surface area contributed by atoms with Crippen LogP contribution in [0.5, 0.6) is 0 Å². The molecule has 9 heteroatoms. The van der Waals surface area contributed by atoms with E-state index in [9.17, 15) is 13.2 Å². The van der Waals surface area contributed by atoms with E-state index in [1.54, 1.807) is 19.1 Å². The monoisotopic (exact) mass is 334 g/mol. The van der Waals surface area contributed by atoms with Crippen LogP contribution in [-0.4, -0.2) is 31.9 Å². The molecule has 0 aromatic heterocycles. The third kappa shape index (κ3) is 3.08. The maximum Gasteiger partial charge on any atom is 0.318 e. The molecule has 0 spiro atoms. The maximum atomic E-state index is 12.0. The van der Waals surface area contributed by atoms with Crippen molar-refractivity contribution in [2.75, 3.05) is 12.4 Å². The van der Waals surface area contributed by atoms with E-state index < -0.39 is 21.2 Å². The molecule has 6 nitrogen and oxygen atoms in total. The van der Waals surface area contributed by atoms with Crippen LogP contribution in [0.25, 0.3) is 0 Å². The topological polar surface area (TPSA) is 84.8 Å². The van der Waals surface area contributed by atoms with Crippen molar-refractivity contribution in [1.82, 2.24) is 0 Å². The summed E-state index contributed by atoms with van der Waals surface area (Å²) in [5, 5.41) is 2.71. The summed E-state index contributed by atoms with van der Waals surface area (Å²) in [5.41, 5.74) is 0.379. The SMILES string of the molecule is COC(=O)[C@H](C)SC1=NS(=O)(=O)c2cc(Cl)ccc2N1. The van der Waals surface area contributed by atoms with E-state index in [0.29, 0.717) is 10.7 Å². The van der Waals surface area contributed by atoms with Gasteiger partial charge in [0, 0.05) is 5.02 Å². The highest BCUT2D eigenvalue weighted by atomic mass is 35.5. The number of nitrogens with zero attached hydrogens (tertiary/aromatic N) is 1. The predicted molar refractivity (Wildman–Crippen MR) is 78.8 cm³/mol. The number of amidine groups is 1. The van der Waals surface area contributed by atoms with Crippen LogP contribution >= 0.6 is 23.4 Å². The molecule has 0 aliphatic carbocycles. The Hall–Kier alpha value is -1.25. The molecule has 2 rings (SSSR count). The van der Waals surface area contributed by atoms with E-state index >= 15 is 0 Å². The van der Waals surface area contributed by atoms with Crippen LogP contribution in [0.2, 0.25) is 5.02 Å². The van der Waals surface area contributed by atoms with Gasteiger partial charge in [0.2, 0.25) is 0 Å². The second-order valence-electron chi connectivity index (χ2n) is 3.92. The summed E-state index contributed by atoms with van der Waals surface area (Å²) in [6, 6.07) is 4.45. The van der Waals surface area contributed by atoms with Gasteiger partial charge in [0.15, 0.2) is 5.17 Å². The second-order valence-corrected chi connectivity index (χ2v) is 7.26. The van der Waals surface area contributed by atoms with Crippen molar-refractivity contribution in [2.45, 2.75) is 17.1 Å². The van der Waals surface area contributed by atoms with Crippen molar-refractivity contribution in [3.8, 4) is 0 Å². The highest BCUT2D eigenvalue weighted by Crippen LogP contribution is 2.32. The molecule has 0 amide bonds. The van der Waals surface area contributed by atoms with Gasteiger partial charge in [0.1, 0.15) is 10.1 Å². The van der Waals surface area contributed by atoms with Crippen LogP contribution in [0.3, 0.4) is 0 Å². The van der Waals surface area contributed by atoms with E-state index in [2.05, 4.69) is 14.5 Å². The largest absolute Gasteiger partial charge is 0.468 e. The number of carbonyl (C=O) groups excluding carboxylic acids is 1. The number of methoxy groups -OCH3 is 1. The standard InChI is InChI=1S/C11H11ClN2O4S2/c1-6(10(15)18-2)19-11-13-8-4-3-7(12)5-9(8)20(16,17)14-11/h3-6H,1-2H3,(H,13,14)/t6-/m0/s1. The summed E-state index contributed by atoms with van der Waals surface area (Å²) < 4.78 is 32.3. The van der Waals surface area contributed by atoms with Gasteiger partial charge in [-0.3, -0.25) is 4.79 Å². The van der Waals surface area contributed by atoms with Crippen molar-refractivity contribution < 1.29 is 17.9 Å². The summed E-state index contributed by atoms with van der Waals surface area (Å²) in [4.78, 5) is 11.4. The number of nitrogens with one attached hydrogen (secondary N) is 1. The smallest absolute Gasteiger partial charge is 0.318 e. The minimum Gasteiger partial charge on any atom is -0.468 e. The van der Waals surface area contributed by atoms with Crippen molar-refractivity contribution in [2.24, 2.45) is 4.40 Å². The number of anilines is 1. The van der Waals surface area contributed by atoms with Crippen LogP contribution in [0.1, 0.15) is 6.92 Å². The molecule has 1 aromatic rings. The van der Waals surface area contributed by atoms with E-state index in [1.807, 2.05) is 0 Å². The van der Waals surface area contributed by atoms with Gasteiger partial charge in [-0.2, -0.15) is 8.42 Å². The highest BCUT2D eigenvalue weighted by molar-refractivity contribution is 8.15. The maximum absolute atomic E-state index is 12.0. The van der Waals surface area contributed by atoms with E-state index in [4.69, 9.17) is 11.6 Å². The summed E-state index contributed by atoms with van der Waals surface area (Å²) >= 11 is 6.75. The number of rotatable bonds is 2. The van der Waals surface area contributed by atoms with Gasteiger partial charge < -0.3 is 10.1 Å². The van der Waals surface area contributed by atoms with Gasteiger partial charge in [0.25, 0.3) is 10.0 Å². The van der Waals surface area contributed by atoms with Crippen LogP contribution in [0, 0.1) is 0 Å². The van der Waals surface area contributed by atoms with Gasteiger partial charge in [-0.05, 0) is 25.1 Å². The molecule has 0 saturated carbocycles. The zero-order valence-electron chi connectivity index (χ0n) is 10.6. The lowest BCUT2D eigenvalue weighted by atomic mass is 10.3. The molecule has 1 aliphatic heterocycles. The number of esters is 1. The quantitative estimate of drug-likeness (QED) is 0.834. The molecule has 1 atom stereocenters. The molecule has 0 radical (unpaired) electrons. The Kier molecular flexibility index (Phi) is 4.26. The first-order valence-electron chi connectivity index (χ1n) is 5.49. The molecule has 1 aliphatic rings. The third-order valence-electron chi connectivity index (χ3n) is 2.49. The number of fused-ring (bicyclic) bond motifs is 1. The van der Waals surface area contributed by atoms with Gasteiger partial charge in [-0.1, -0.05) is 23.4 Å². The number of ether oxygens (including phenoxy) is 1. The molecular weight excluding hydrogens is 324 g/mol. The molecule has 0 unspecified atom stereocenters. The zero-order valence-corrected chi connectivity index (χ0v) is 13.0. The average Bonchev–Trinajstić information content (AvgIpc) is 2.38. The first kappa shape index (κ1) is 15.1. The Labute approximate surface area is 125 Å². The second kappa shape index (κ2) is 5.63. The zero-order chi connectivity index (χ0) is 14.9. The summed E-state index contributed by atoms with van der Waals surface area (Å²) in [5.74, 6) is -0.459. The fourth-order valence-electron chi connectivity index (χ4n) is 1.54. The Balaban J connectivity index is 2.31. The van der Waals surface area contributed by atoms with Crippen molar-refractivity contribution in [3.05, 3.63) is 23.2 Å². The van der Waals surface area contributed by atoms with Gasteiger partial charge >= 0.3 is 5.97 Å². The van der Waals surface area contributed by atoms with Crippen LogP contribution in [-0.2, 0) is 19.6 Å². The lowest BCUT2D eigenvalue weighted by Gasteiger charge is -2.19. The fraction of sp³-hybridized carbons (Fsp3) is 0.273. The predicted octanol–water partition coefficient (Wildman–Crippen LogP) is 2.10. The number of thioether (sulfide) groups is 1. The number of halogens is 1. The van der Waals surface area contributed by atoms with Crippen molar-refractivity contribution >= 4 is 50.2 Å². The van der Waals surface area contributed by atoms with Crippen molar-refractivity contribution in [3.63, 3.8) is 0 Å². The Morgan fingerprint density at radius 2 is 2.20 bits per heavy atom. The van der Waals surface area contributed by atoms with Gasteiger partial charge in [-0.25, -0.2) is 0 Å². The third-order valence-corrected chi connectivity index (χ3v) is 5.12. The first-order chi connectivity index (χ1) is 9.33. The molecular formula is C11H11ClN2O4S2.